The van der Waals surface area contributed by atoms with Gasteiger partial charge in [0.25, 0.3) is 5.91 Å². The second kappa shape index (κ2) is 9.96. The van der Waals surface area contributed by atoms with Crippen LogP contribution < -0.4 is 16.0 Å². The SMILES string of the molecule is Cn1cc(NC(=O)[C@H](CC2CCCC2)NC(=O)c2cccc(Nc3cccn4ncnc34)c2)cn1. The zero-order chi connectivity index (χ0) is 24.2. The number of hydrogen-bond acceptors (Lipinski definition) is 6. The minimum atomic E-state index is -0.632. The maximum absolute atomic E-state index is 13.2. The summed E-state index contributed by atoms with van der Waals surface area (Å²) in [6.07, 6.45) is 11.8. The summed E-state index contributed by atoms with van der Waals surface area (Å²) in [5.41, 5.74) is 3.27. The van der Waals surface area contributed by atoms with Crippen molar-refractivity contribution in [1.82, 2.24) is 29.7 Å². The van der Waals surface area contributed by atoms with E-state index in [4.69, 9.17) is 0 Å². The lowest BCUT2D eigenvalue weighted by Crippen LogP contribution is -2.44. The van der Waals surface area contributed by atoms with Gasteiger partial charge < -0.3 is 16.0 Å². The number of hydrogen-bond donors (Lipinski definition) is 3. The first-order valence-corrected chi connectivity index (χ1v) is 11.8. The number of amides is 2. The van der Waals surface area contributed by atoms with E-state index < -0.39 is 6.04 Å². The Bertz CT molecular complexity index is 1340. The second-order valence-corrected chi connectivity index (χ2v) is 8.96. The number of fused-ring (bicyclic) bond motifs is 1. The zero-order valence-corrected chi connectivity index (χ0v) is 19.5. The molecule has 3 N–H and O–H groups in total. The van der Waals surface area contributed by atoms with E-state index in [2.05, 4.69) is 31.1 Å². The first kappa shape index (κ1) is 22.6. The summed E-state index contributed by atoms with van der Waals surface area (Å²) >= 11 is 0. The molecule has 35 heavy (non-hydrogen) atoms. The molecular formula is C25H28N8O2. The van der Waals surface area contributed by atoms with E-state index >= 15 is 0 Å². The number of aromatic nitrogens is 5. The number of carbonyl (C=O) groups is 2. The van der Waals surface area contributed by atoms with Crippen LogP contribution in [0.15, 0.2) is 61.3 Å². The van der Waals surface area contributed by atoms with Crippen LogP contribution in [0.25, 0.3) is 5.65 Å². The van der Waals surface area contributed by atoms with Crippen molar-refractivity contribution in [3.05, 3.63) is 66.9 Å². The number of carbonyl (C=O) groups excluding carboxylic acids is 2. The van der Waals surface area contributed by atoms with E-state index in [1.54, 1.807) is 40.8 Å². The smallest absolute Gasteiger partial charge is 0.252 e. The topological polar surface area (TPSA) is 118 Å². The van der Waals surface area contributed by atoms with Gasteiger partial charge in [-0.3, -0.25) is 14.3 Å². The molecule has 1 aliphatic carbocycles. The summed E-state index contributed by atoms with van der Waals surface area (Å²) in [5.74, 6) is -0.0960. The molecule has 1 fully saturated rings. The molecular weight excluding hydrogens is 444 g/mol. The molecule has 10 heteroatoms. The molecule has 1 aromatic carbocycles. The highest BCUT2D eigenvalue weighted by Crippen LogP contribution is 2.29. The summed E-state index contributed by atoms with van der Waals surface area (Å²) in [5, 5.41) is 17.4. The predicted octanol–water partition coefficient (Wildman–Crippen LogP) is 3.52. The Morgan fingerprint density at radius 3 is 2.77 bits per heavy atom. The number of benzene rings is 1. The van der Waals surface area contributed by atoms with Gasteiger partial charge in [-0.05, 0) is 42.7 Å². The van der Waals surface area contributed by atoms with E-state index in [9.17, 15) is 9.59 Å². The molecule has 0 radical (unpaired) electrons. The van der Waals surface area contributed by atoms with Crippen molar-refractivity contribution in [1.29, 1.82) is 0 Å². The fraction of sp³-hybridized carbons (Fsp3) is 0.320. The molecule has 0 aliphatic heterocycles. The standard InChI is InChI=1S/C25H28N8O2/c1-32-15-20(14-27-32)30-25(35)22(12-17-6-2-3-7-17)31-24(34)18-8-4-9-19(13-18)29-21-10-5-11-33-23(21)26-16-28-33/h4-5,8-11,13-17,22,29H,2-3,6-7,12H2,1H3,(H,30,35)(H,31,34)/t22-/m0/s1. The highest BCUT2D eigenvalue weighted by atomic mass is 16.2. The molecule has 5 rings (SSSR count). The van der Waals surface area contributed by atoms with E-state index in [0.29, 0.717) is 29.2 Å². The summed E-state index contributed by atoms with van der Waals surface area (Å²) in [6, 6.07) is 10.3. The van der Waals surface area contributed by atoms with E-state index in [1.807, 2.05) is 30.5 Å². The first-order chi connectivity index (χ1) is 17.0. The lowest BCUT2D eigenvalue weighted by molar-refractivity contribution is -0.118. The van der Waals surface area contributed by atoms with Crippen molar-refractivity contribution in [2.24, 2.45) is 13.0 Å². The van der Waals surface area contributed by atoms with Gasteiger partial charge in [-0.1, -0.05) is 31.7 Å². The van der Waals surface area contributed by atoms with Gasteiger partial charge in [-0.25, -0.2) is 9.50 Å². The Hall–Kier alpha value is -4.21. The molecule has 1 aliphatic rings. The number of pyridine rings is 1. The van der Waals surface area contributed by atoms with E-state index in [1.165, 1.54) is 19.2 Å². The van der Waals surface area contributed by atoms with E-state index in [0.717, 1.165) is 24.2 Å². The normalized spacial score (nSPS) is 14.7. The highest BCUT2D eigenvalue weighted by molar-refractivity contribution is 6.01. The van der Waals surface area contributed by atoms with Crippen molar-refractivity contribution >= 4 is 34.5 Å². The average molecular weight is 473 g/mol. The van der Waals surface area contributed by atoms with Gasteiger partial charge >= 0.3 is 0 Å². The molecule has 1 saturated carbocycles. The molecule has 4 aromatic rings. The Kier molecular flexibility index (Phi) is 6.42. The van der Waals surface area contributed by atoms with Gasteiger partial charge in [0.05, 0.1) is 17.6 Å². The minimum Gasteiger partial charge on any atom is -0.352 e. The van der Waals surface area contributed by atoms with E-state index in [-0.39, 0.29) is 11.8 Å². The van der Waals surface area contributed by atoms with Crippen LogP contribution in [-0.2, 0) is 11.8 Å². The average Bonchev–Trinajstić information content (AvgIpc) is 3.62. The highest BCUT2D eigenvalue weighted by Gasteiger charge is 2.27. The van der Waals surface area contributed by atoms with Crippen molar-refractivity contribution < 1.29 is 9.59 Å². The molecule has 0 spiro atoms. The van der Waals surface area contributed by atoms with Crippen LogP contribution >= 0.6 is 0 Å². The summed E-state index contributed by atoms with van der Waals surface area (Å²) in [7, 11) is 1.79. The number of nitrogens with one attached hydrogen (secondary N) is 3. The third-order valence-electron chi connectivity index (χ3n) is 6.35. The van der Waals surface area contributed by atoms with Gasteiger partial charge in [0.1, 0.15) is 12.4 Å². The van der Waals surface area contributed by atoms with Gasteiger partial charge in [0.15, 0.2) is 5.65 Å². The molecule has 0 unspecified atom stereocenters. The number of anilines is 3. The lowest BCUT2D eigenvalue weighted by atomic mass is 9.97. The monoisotopic (exact) mass is 472 g/mol. The summed E-state index contributed by atoms with van der Waals surface area (Å²) in [6.45, 7) is 0. The zero-order valence-electron chi connectivity index (χ0n) is 19.5. The molecule has 2 amide bonds. The molecule has 180 valence electrons. The Morgan fingerprint density at radius 2 is 1.97 bits per heavy atom. The van der Waals surface area contributed by atoms with Gasteiger partial charge in [-0.2, -0.15) is 10.2 Å². The van der Waals surface area contributed by atoms with Crippen LogP contribution in [0.2, 0.25) is 0 Å². The molecule has 10 nitrogen and oxygen atoms in total. The van der Waals surface area contributed by atoms with Crippen molar-refractivity contribution in [2.75, 3.05) is 10.6 Å². The first-order valence-electron chi connectivity index (χ1n) is 11.8. The molecule has 3 heterocycles. The maximum atomic E-state index is 13.2. The van der Waals surface area contributed by atoms with Crippen molar-refractivity contribution in [3.8, 4) is 0 Å². The van der Waals surface area contributed by atoms with Crippen LogP contribution in [-0.4, -0.2) is 42.2 Å². The third kappa shape index (κ3) is 5.32. The van der Waals surface area contributed by atoms with Crippen molar-refractivity contribution in [3.63, 3.8) is 0 Å². The molecule has 1 atom stereocenters. The Labute approximate surface area is 202 Å². The number of aryl methyl sites for hydroxylation is 1. The van der Waals surface area contributed by atoms with Crippen LogP contribution in [0.3, 0.4) is 0 Å². The maximum Gasteiger partial charge on any atom is 0.252 e. The largest absolute Gasteiger partial charge is 0.352 e. The molecule has 0 saturated heterocycles. The van der Waals surface area contributed by atoms with Gasteiger partial charge in [0, 0.05) is 30.7 Å². The number of nitrogens with zero attached hydrogens (tertiary/aromatic N) is 5. The van der Waals surface area contributed by atoms with Crippen LogP contribution in [0, 0.1) is 5.92 Å². The summed E-state index contributed by atoms with van der Waals surface area (Å²) < 4.78 is 3.30. The predicted molar refractivity (Wildman–Crippen MR) is 132 cm³/mol. The summed E-state index contributed by atoms with van der Waals surface area (Å²) in [4.78, 5) is 30.6. The fourth-order valence-corrected chi connectivity index (χ4v) is 4.61. The van der Waals surface area contributed by atoms with Gasteiger partial charge in [0.2, 0.25) is 5.91 Å². The molecule has 3 aromatic heterocycles. The van der Waals surface area contributed by atoms with Crippen LogP contribution in [0.4, 0.5) is 17.1 Å². The van der Waals surface area contributed by atoms with Crippen molar-refractivity contribution in [2.45, 2.75) is 38.1 Å². The Morgan fingerprint density at radius 1 is 1.11 bits per heavy atom. The quantitative estimate of drug-likeness (QED) is 0.361. The third-order valence-corrected chi connectivity index (χ3v) is 6.35. The van der Waals surface area contributed by atoms with Crippen LogP contribution in [0.5, 0.6) is 0 Å². The van der Waals surface area contributed by atoms with Gasteiger partial charge in [-0.15, -0.1) is 0 Å². The minimum absolute atomic E-state index is 0.231. The number of rotatable bonds is 8. The second-order valence-electron chi connectivity index (χ2n) is 8.96. The lowest BCUT2D eigenvalue weighted by Gasteiger charge is -2.21. The fourth-order valence-electron chi connectivity index (χ4n) is 4.61. The molecule has 0 bridgehead atoms. The Balaban J connectivity index is 1.31. The van der Waals surface area contributed by atoms with Crippen LogP contribution in [0.1, 0.15) is 42.5 Å².